The lowest BCUT2D eigenvalue weighted by Gasteiger charge is -2.26. The molecule has 1 heterocycles. The molecule has 1 N–H and O–H groups in total. The highest BCUT2D eigenvalue weighted by molar-refractivity contribution is 6.29. The molecule has 0 aromatic carbocycles. The van der Waals surface area contributed by atoms with Gasteiger partial charge < -0.3 is 9.84 Å². The van der Waals surface area contributed by atoms with E-state index in [1.807, 2.05) is 0 Å². The van der Waals surface area contributed by atoms with E-state index >= 15 is 0 Å². The van der Waals surface area contributed by atoms with Gasteiger partial charge in [0.2, 0.25) is 0 Å². The molecule has 58 valence electrons. The Morgan fingerprint density at radius 1 is 1.90 bits per heavy atom. The minimum Gasteiger partial charge on any atom is -0.480 e. The molecule has 0 saturated carbocycles. The van der Waals surface area contributed by atoms with E-state index in [-0.39, 0.29) is 6.10 Å². The third kappa shape index (κ3) is 1.85. The fourth-order valence-electron chi connectivity index (χ4n) is 0.802. The molecule has 1 fully saturated rings. The molecule has 0 aromatic heterocycles. The van der Waals surface area contributed by atoms with Gasteiger partial charge in [-0.25, -0.2) is 0 Å². The minimum absolute atomic E-state index is 0.0820. The average molecular weight is 165 g/mol. The first-order chi connectivity index (χ1) is 4.70. The Labute approximate surface area is 63.9 Å². The molecule has 0 aromatic rings. The summed E-state index contributed by atoms with van der Waals surface area (Å²) < 4.78 is 5.00. The maximum Gasteiger partial charge on any atom is 0.321 e. The molecule has 3 nitrogen and oxygen atoms in total. The van der Waals surface area contributed by atoms with Gasteiger partial charge in [0.15, 0.2) is 0 Å². The van der Waals surface area contributed by atoms with Crippen LogP contribution in [0.3, 0.4) is 0 Å². The van der Waals surface area contributed by atoms with E-state index in [1.165, 1.54) is 0 Å². The summed E-state index contributed by atoms with van der Waals surface area (Å²) >= 11 is 5.44. The van der Waals surface area contributed by atoms with Gasteiger partial charge >= 0.3 is 5.97 Å². The predicted octanol–water partition coefficient (Wildman–Crippen LogP) is 0.857. The van der Waals surface area contributed by atoms with Gasteiger partial charge in [0.25, 0.3) is 0 Å². The second-order valence-electron chi connectivity index (χ2n) is 2.32. The highest BCUT2D eigenvalue weighted by Crippen LogP contribution is 2.19. The number of carboxylic acids is 1. The highest BCUT2D eigenvalue weighted by Gasteiger charge is 2.25. The van der Waals surface area contributed by atoms with E-state index in [9.17, 15) is 4.79 Å². The van der Waals surface area contributed by atoms with Gasteiger partial charge in [0, 0.05) is 13.0 Å². The predicted molar refractivity (Wildman–Crippen MR) is 36.3 cm³/mol. The van der Waals surface area contributed by atoms with Crippen LogP contribution in [0.4, 0.5) is 0 Å². The van der Waals surface area contributed by atoms with Gasteiger partial charge in [-0.1, -0.05) is 0 Å². The number of rotatable bonds is 3. The second-order valence-corrected chi connectivity index (χ2v) is 2.85. The zero-order valence-corrected chi connectivity index (χ0v) is 6.17. The lowest BCUT2D eigenvalue weighted by atomic mass is 10.1. The summed E-state index contributed by atoms with van der Waals surface area (Å²) in [6, 6.07) is 0. The molecule has 1 rings (SSSR count). The average Bonchev–Trinajstić information content (AvgIpc) is 1.77. The summed E-state index contributed by atoms with van der Waals surface area (Å²) in [6.45, 7) is 0.744. The third-order valence-corrected chi connectivity index (χ3v) is 1.90. The molecule has 0 aliphatic carbocycles. The van der Waals surface area contributed by atoms with E-state index in [1.54, 1.807) is 0 Å². The first-order valence-electron chi connectivity index (χ1n) is 3.18. The van der Waals surface area contributed by atoms with Crippen molar-refractivity contribution in [2.45, 2.75) is 24.3 Å². The normalized spacial score (nSPS) is 27.1. The molecule has 0 amide bonds. The van der Waals surface area contributed by atoms with Crippen LogP contribution in [0.5, 0.6) is 0 Å². The van der Waals surface area contributed by atoms with Crippen LogP contribution in [0.1, 0.15) is 12.8 Å². The van der Waals surface area contributed by atoms with E-state index in [0.717, 1.165) is 13.0 Å². The monoisotopic (exact) mass is 164 g/mol. The van der Waals surface area contributed by atoms with Crippen LogP contribution in [-0.2, 0) is 9.53 Å². The molecule has 0 spiro atoms. The van der Waals surface area contributed by atoms with Crippen molar-refractivity contribution in [3.63, 3.8) is 0 Å². The lowest BCUT2D eigenvalue weighted by molar-refractivity contribution is -0.138. The van der Waals surface area contributed by atoms with E-state index in [4.69, 9.17) is 21.4 Å². The quantitative estimate of drug-likeness (QED) is 0.630. The Kier molecular flexibility index (Phi) is 2.51. The van der Waals surface area contributed by atoms with Crippen molar-refractivity contribution in [2.75, 3.05) is 6.61 Å². The SMILES string of the molecule is O=C(O)C(Cl)CC1CCO1. The number of hydrogen-bond acceptors (Lipinski definition) is 2. The van der Waals surface area contributed by atoms with Crippen molar-refractivity contribution in [2.24, 2.45) is 0 Å². The Balaban J connectivity index is 2.16. The number of halogens is 1. The van der Waals surface area contributed by atoms with Crippen LogP contribution >= 0.6 is 11.6 Å². The largest absolute Gasteiger partial charge is 0.480 e. The highest BCUT2D eigenvalue weighted by atomic mass is 35.5. The van der Waals surface area contributed by atoms with E-state index in [0.29, 0.717) is 6.42 Å². The third-order valence-electron chi connectivity index (χ3n) is 1.53. The van der Waals surface area contributed by atoms with Gasteiger partial charge in [-0.05, 0) is 6.42 Å². The van der Waals surface area contributed by atoms with Crippen molar-refractivity contribution in [1.82, 2.24) is 0 Å². The number of ether oxygens (including phenoxy) is 1. The van der Waals surface area contributed by atoms with Crippen LogP contribution in [0.2, 0.25) is 0 Å². The number of aliphatic carboxylic acids is 1. The standard InChI is InChI=1S/C6H9ClO3/c7-5(6(8)9)3-4-1-2-10-4/h4-5H,1-3H2,(H,8,9). The second kappa shape index (κ2) is 3.21. The first-order valence-corrected chi connectivity index (χ1v) is 3.62. The molecule has 1 saturated heterocycles. The topological polar surface area (TPSA) is 46.5 Å². The Morgan fingerprint density at radius 3 is 2.80 bits per heavy atom. The van der Waals surface area contributed by atoms with Gasteiger partial charge in [-0.2, -0.15) is 0 Å². The molecule has 1 aliphatic rings. The van der Waals surface area contributed by atoms with Gasteiger partial charge in [0.05, 0.1) is 6.10 Å². The summed E-state index contributed by atoms with van der Waals surface area (Å²) in [5.74, 6) is -0.961. The van der Waals surface area contributed by atoms with Crippen molar-refractivity contribution in [1.29, 1.82) is 0 Å². The molecule has 2 atom stereocenters. The summed E-state index contributed by atoms with van der Waals surface area (Å²) in [5, 5.41) is 7.58. The molecular weight excluding hydrogens is 156 g/mol. The van der Waals surface area contributed by atoms with E-state index < -0.39 is 11.3 Å². The van der Waals surface area contributed by atoms with E-state index in [2.05, 4.69) is 0 Å². The van der Waals surface area contributed by atoms with Crippen LogP contribution in [-0.4, -0.2) is 29.2 Å². The van der Waals surface area contributed by atoms with Crippen molar-refractivity contribution >= 4 is 17.6 Å². The van der Waals surface area contributed by atoms with Gasteiger partial charge in [-0.15, -0.1) is 11.6 Å². The first kappa shape index (κ1) is 7.82. The van der Waals surface area contributed by atoms with Gasteiger partial charge in [0.1, 0.15) is 5.38 Å². The Bertz CT molecular complexity index is 133. The molecule has 10 heavy (non-hydrogen) atoms. The molecule has 1 aliphatic heterocycles. The maximum absolute atomic E-state index is 10.2. The summed E-state index contributed by atoms with van der Waals surface area (Å²) in [7, 11) is 0. The van der Waals surface area contributed by atoms with Crippen molar-refractivity contribution in [3.8, 4) is 0 Å². The zero-order valence-electron chi connectivity index (χ0n) is 5.42. The maximum atomic E-state index is 10.2. The van der Waals surface area contributed by atoms with Crippen LogP contribution in [0.15, 0.2) is 0 Å². The smallest absolute Gasteiger partial charge is 0.321 e. The molecule has 0 bridgehead atoms. The van der Waals surface area contributed by atoms with Crippen molar-refractivity contribution in [3.05, 3.63) is 0 Å². The zero-order chi connectivity index (χ0) is 7.56. The number of carboxylic acid groups (broad SMARTS) is 1. The summed E-state index contributed by atoms with van der Waals surface area (Å²) in [5.41, 5.74) is 0. The Morgan fingerprint density at radius 2 is 2.50 bits per heavy atom. The van der Waals surface area contributed by atoms with Crippen LogP contribution in [0.25, 0.3) is 0 Å². The number of alkyl halides is 1. The minimum atomic E-state index is -0.961. The van der Waals surface area contributed by atoms with Crippen molar-refractivity contribution < 1.29 is 14.6 Å². The molecule has 4 heteroatoms. The fraction of sp³-hybridized carbons (Fsp3) is 0.833. The Hall–Kier alpha value is -0.280. The number of hydrogen-bond donors (Lipinski definition) is 1. The molecule has 2 unspecified atom stereocenters. The van der Waals surface area contributed by atoms with Gasteiger partial charge in [-0.3, -0.25) is 4.79 Å². The molecular formula is C6H9ClO3. The summed E-state index contributed by atoms with van der Waals surface area (Å²) in [4.78, 5) is 10.2. The fourth-order valence-corrected chi connectivity index (χ4v) is 1.00. The van der Waals surface area contributed by atoms with Crippen LogP contribution < -0.4 is 0 Å². The lowest BCUT2D eigenvalue weighted by Crippen LogP contribution is -2.31. The molecule has 0 radical (unpaired) electrons. The van der Waals surface area contributed by atoms with Crippen LogP contribution in [0, 0.1) is 0 Å². The summed E-state index contributed by atoms with van der Waals surface area (Å²) in [6.07, 6.45) is 1.45. The number of carbonyl (C=O) groups is 1.